The number of esters is 1. The Bertz CT molecular complexity index is 575. The predicted octanol–water partition coefficient (Wildman–Crippen LogP) is -0.00190. The standard InChI is InChI=1S/C10H13N7O2S/c1-19-7(18)3-6-20-10-14-8(16-11)13-9(15-10)17-5-2-4-12-17/h2,4-5H,3,6,11H2,1H3,(H,13,14,15,16). The number of rotatable bonds is 6. The highest BCUT2D eigenvalue weighted by atomic mass is 32.2. The van der Waals surface area contributed by atoms with E-state index in [1.165, 1.54) is 23.6 Å². The second-order valence-electron chi connectivity index (χ2n) is 3.51. The second-order valence-corrected chi connectivity index (χ2v) is 4.57. The zero-order chi connectivity index (χ0) is 14.4. The van der Waals surface area contributed by atoms with E-state index in [4.69, 9.17) is 5.84 Å². The van der Waals surface area contributed by atoms with Crippen LogP contribution in [0.15, 0.2) is 23.6 Å². The van der Waals surface area contributed by atoms with Crippen LogP contribution in [0.4, 0.5) is 5.95 Å². The first-order chi connectivity index (χ1) is 9.72. The Kier molecular flexibility index (Phi) is 4.85. The van der Waals surface area contributed by atoms with Gasteiger partial charge in [-0.25, -0.2) is 10.5 Å². The Labute approximate surface area is 118 Å². The van der Waals surface area contributed by atoms with E-state index >= 15 is 0 Å². The zero-order valence-corrected chi connectivity index (χ0v) is 11.5. The Morgan fingerprint density at radius 3 is 3.00 bits per heavy atom. The minimum Gasteiger partial charge on any atom is -0.469 e. The predicted molar refractivity (Wildman–Crippen MR) is 72.1 cm³/mol. The molecule has 0 bridgehead atoms. The molecule has 106 valence electrons. The number of methoxy groups -OCH3 is 1. The van der Waals surface area contributed by atoms with Crippen LogP contribution in [0.2, 0.25) is 0 Å². The Hall–Kier alpha value is -2.20. The van der Waals surface area contributed by atoms with Crippen molar-refractivity contribution < 1.29 is 9.53 Å². The van der Waals surface area contributed by atoms with Crippen molar-refractivity contribution >= 4 is 23.7 Å². The summed E-state index contributed by atoms with van der Waals surface area (Å²) in [5.74, 6) is 6.12. The summed E-state index contributed by atoms with van der Waals surface area (Å²) in [5, 5.41) is 4.48. The number of carbonyl (C=O) groups excluding carboxylic acids is 1. The van der Waals surface area contributed by atoms with Gasteiger partial charge >= 0.3 is 5.97 Å². The molecule has 0 spiro atoms. The maximum atomic E-state index is 11.0. The molecule has 20 heavy (non-hydrogen) atoms. The average molecular weight is 295 g/mol. The van der Waals surface area contributed by atoms with Gasteiger partial charge in [0.15, 0.2) is 5.16 Å². The topological polar surface area (TPSA) is 121 Å². The minimum atomic E-state index is -0.281. The van der Waals surface area contributed by atoms with Crippen molar-refractivity contribution in [2.75, 3.05) is 18.3 Å². The zero-order valence-electron chi connectivity index (χ0n) is 10.7. The SMILES string of the molecule is COC(=O)CCSc1nc(NN)nc(-n2cccn2)n1. The lowest BCUT2D eigenvalue weighted by Gasteiger charge is -2.05. The van der Waals surface area contributed by atoms with Gasteiger partial charge in [0, 0.05) is 18.1 Å². The summed E-state index contributed by atoms with van der Waals surface area (Å²) in [7, 11) is 1.35. The van der Waals surface area contributed by atoms with Crippen LogP contribution in [0, 0.1) is 0 Å². The van der Waals surface area contributed by atoms with Crippen LogP contribution in [0.1, 0.15) is 6.42 Å². The first-order valence-electron chi connectivity index (χ1n) is 5.65. The van der Waals surface area contributed by atoms with E-state index in [-0.39, 0.29) is 18.3 Å². The molecule has 0 fully saturated rings. The summed E-state index contributed by atoms with van der Waals surface area (Å²) in [4.78, 5) is 23.5. The van der Waals surface area contributed by atoms with Gasteiger partial charge in [0.1, 0.15) is 0 Å². The summed E-state index contributed by atoms with van der Waals surface area (Å²) < 4.78 is 6.06. The van der Waals surface area contributed by atoms with Crippen molar-refractivity contribution in [2.24, 2.45) is 5.84 Å². The van der Waals surface area contributed by atoms with Gasteiger partial charge in [-0.2, -0.15) is 20.1 Å². The normalized spacial score (nSPS) is 10.3. The molecule has 2 heterocycles. The van der Waals surface area contributed by atoms with Gasteiger partial charge in [0.05, 0.1) is 13.5 Å². The summed E-state index contributed by atoms with van der Waals surface area (Å²) in [5.41, 5.74) is 2.37. The van der Waals surface area contributed by atoms with Gasteiger partial charge < -0.3 is 4.74 Å². The number of hydrogen-bond acceptors (Lipinski definition) is 9. The molecule has 2 aromatic heterocycles. The maximum absolute atomic E-state index is 11.0. The summed E-state index contributed by atoms with van der Waals surface area (Å²) in [6.07, 6.45) is 3.59. The van der Waals surface area contributed by atoms with Crippen LogP contribution < -0.4 is 11.3 Å². The molecule has 0 aliphatic carbocycles. The first-order valence-corrected chi connectivity index (χ1v) is 6.64. The van der Waals surface area contributed by atoms with Crippen LogP contribution in [0.25, 0.3) is 5.95 Å². The fourth-order valence-corrected chi connectivity index (χ4v) is 2.04. The summed E-state index contributed by atoms with van der Waals surface area (Å²) in [6.45, 7) is 0. The van der Waals surface area contributed by atoms with Crippen LogP contribution in [-0.2, 0) is 9.53 Å². The monoisotopic (exact) mass is 295 g/mol. The van der Waals surface area contributed by atoms with E-state index in [1.807, 2.05) is 0 Å². The van der Waals surface area contributed by atoms with Crippen LogP contribution in [0.3, 0.4) is 0 Å². The lowest BCUT2D eigenvalue weighted by Crippen LogP contribution is -2.14. The molecular weight excluding hydrogens is 282 g/mol. The molecule has 10 heteroatoms. The van der Waals surface area contributed by atoms with Crippen LogP contribution in [-0.4, -0.2) is 43.6 Å². The molecular formula is C10H13N7O2S. The van der Waals surface area contributed by atoms with E-state index in [0.29, 0.717) is 16.9 Å². The molecule has 2 aromatic rings. The van der Waals surface area contributed by atoms with Crippen molar-refractivity contribution in [3.8, 4) is 5.95 Å². The molecule has 0 unspecified atom stereocenters. The quantitative estimate of drug-likeness (QED) is 0.328. The molecule has 0 saturated heterocycles. The Morgan fingerprint density at radius 2 is 2.35 bits per heavy atom. The number of nitrogens with two attached hydrogens (primary N) is 1. The summed E-state index contributed by atoms with van der Waals surface area (Å²) in [6, 6.07) is 1.75. The second kappa shape index (κ2) is 6.82. The number of hydrogen-bond donors (Lipinski definition) is 2. The number of aromatic nitrogens is 5. The van der Waals surface area contributed by atoms with Crippen molar-refractivity contribution in [2.45, 2.75) is 11.6 Å². The van der Waals surface area contributed by atoms with Crippen molar-refractivity contribution in [1.82, 2.24) is 24.7 Å². The molecule has 2 rings (SSSR count). The fraction of sp³-hybridized carbons (Fsp3) is 0.300. The summed E-state index contributed by atoms with van der Waals surface area (Å²) >= 11 is 1.31. The van der Waals surface area contributed by atoms with E-state index in [9.17, 15) is 4.79 Å². The third kappa shape index (κ3) is 3.65. The smallest absolute Gasteiger partial charge is 0.306 e. The number of nitrogen functional groups attached to an aromatic ring is 1. The van der Waals surface area contributed by atoms with Gasteiger partial charge in [0.2, 0.25) is 5.95 Å². The lowest BCUT2D eigenvalue weighted by molar-refractivity contribution is -0.140. The van der Waals surface area contributed by atoms with Crippen LogP contribution in [0.5, 0.6) is 0 Å². The maximum Gasteiger partial charge on any atom is 0.306 e. The van der Waals surface area contributed by atoms with Gasteiger partial charge in [-0.15, -0.1) is 0 Å². The largest absolute Gasteiger partial charge is 0.469 e. The molecule has 0 aliphatic heterocycles. The molecule has 0 saturated carbocycles. The number of ether oxygens (including phenoxy) is 1. The van der Waals surface area contributed by atoms with Crippen LogP contribution >= 0.6 is 11.8 Å². The number of anilines is 1. The molecule has 0 aromatic carbocycles. The molecule has 0 radical (unpaired) electrons. The first kappa shape index (κ1) is 14.2. The van der Waals surface area contributed by atoms with E-state index in [2.05, 4.69) is 30.2 Å². The minimum absolute atomic E-state index is 0.228. The van der Waals surface area contributed by atoms with Crippen molar-refractivity contribution in [3.05, 3.63) is 18.5 Å². The molecule has 0 amide bonds. The van der Waals surface area contributed by atoms with E-state index < -0.39 is 0 Å². The Balaban J connectivity index is 2.12. The number of hydrazine groups is 1. The van der Waals surface area contributed by atoms with Gasteiger partial charge in [-0.1, -0.05) is 11.8 Å². The van der Waals surface area contributed by atoms with Gasteiger partial charge in [-0.05, 0) is 6.07 Å². The Morgan fingerprint density at radius 1 is 1.50 bits per heavy atom. The molecule has 0 atom stereocenters. The van der Waals surface area contributed by atoms with Gasteiger partial charge in [0.25, 0.3) is 5.95 Å². The number of carbonyl (C=O) groups is 1. The third-order valence-corrected chi connectivity index (χ3v) is 3.06. The number of nitrogens with one attached hydrogen (secondary N) is 1. The van der Waals surface area contributed by atoms with Crippen molar-refractivity contribution in [1.29, 1.82) is 0 Å². The lowest BCUT2D eigenvalue weighted by atomic mass is 10.5. The number of nitrogens with zero attached hydrogens (tertiary/aromatic N) is 5. The highest BCUT2D eigenvalue weighted by molar-refractivity contribution is 7.99. The number of thioether (sulfide) groups is 1. The van der Waals surface area contributed by atoms with Gasteiger partial charge in [-0.3, -0.25) is 10.2 Å². The highest BCUT2D eigenvalue weighted by Crippen LogP contribution is 2.16. The molecule has 9 nitrogen and oxygen atoms in total. The average Bonchev–Trinajstić information content (AvgIpc) is 3.01. The fourth-order valence-electron chi connectivity index (χ4n) is 1.29. The molecule has 0 aliphatic rings. The third-order valence-electron chi connectivity index (χ3n) is 2.21. The van der Waals surface area contributed by atoms with Crippen molar-refractivity contribution in [3.63, 3.8) is 0 Å². The van der Waals surface area contributed by atoms with E-state index in [1.54, 1.807) is 18.5 Å². The molecule has 3 N–H and O–H groups in total. The van der Waals surface area contributed by atoms with E-state index in [0.717, 1.165) is 0 Å². The highest BCUT2D eigenvalue weighted by Gasteiger charge is 2.09.